The van der Waals surface area contributed by atoms with Crippen LogP contribution in [0.2, 0.25) is 0 Å². The summed E-state index contributed by atoms with van der Waals surface area (Å²) in [5.41, 5.74) is 2.91. The summed E-state index contributed by atoms with van der Waals surface area (Å²) in [6, 6.07) is 6.87. The summed E-state index contributed by atoms with van der Waals surface area (Å²) in [6.07, 6.45) is 5.12. The van der Waals surface area contributed by atoms with Gasteiger partial charge in [-0.15, -0.1) is 0 Å². The van der Waals surface area contributed by atoms with E-state index in [9.17, 15) is 4.79 Å². The van der Waals surface area contributed by atoms with Crippen molar-refractivity contribution < 1.29 is 4.79 Å². The van der Waals surface area contributed by atoms with Crippen LogP contribution < -0.4 is 5.32 Å². The zero-order valence-corrected chi connectivity index (χ0v) is 15.3. The van der Waals surface area contributed by atoms with Crippen molar-refractivity contribution in [3.05, 3.63) is 29.6 Å². The lowest BCUT2D eigenvalue weighted by atomic mass is 9.91. The number of amides is 1. The average molecular weight is 353 g/mol. The molecule has 6 nitrogen and oxygen atoms in total. The summed E-state index contributed by atoms with van der Waals surface area (Å²) in [7, 11) is 0. The van der Waals surface area contributed by atoms with Crippen molar-refractivity contribution in [1.82, 2.24) is 24.7 Å². The number of hydrogen-bond donors (Lipinski definition) is 1. The van der Waals surface area contributed by atoms with Crippen molar-refractivity contribution in [3.8, 4) is 0 Å². The smallest absolute Gasteiger partial charge is 0.254 e. The summed E-state index contributed by atoms with van der Waals surface area (Å²) in [5, 5.41) is 3.30. The van der Waals surface area contributed by atoms with Crippen molar-refractivity contribution >= 4 is 16.9 Å². The highest BCUT2D eigenvalue weighted by Crippen LogP contribution is 2.27. The Labute approximate surface area is 154 Å². The SMILES string of the molecule is O=C(c1ccc2c(c1)nc1n2CCN(C2CCC2)CC1)N1CCNCC1. The van der Waals surface area contributed by atoms with Crippen LogP contribution in [0.15, 0.2) is 18.2 Å². The Bertz CT molecular complexity index is 819. The lowest BCUT2D eigenvalue weighted by Gasteiger charge is -2.36. The molecule has 1 saturated carbocycles. The molecule has 2 aliphatic heterocycles. The fraction of sp³-hybridized carbons (Fsp3) is 0.600. The van der Waals surface area contributed by atoms with E-state index in [1.165, 1.54) is 30.6 Å². The number of hydrogen-bond acceptors (Lipinski definition) is 4. The van der Waals surface area contributed by atoms with E-state index >= 15 is 0 Å². The number of nitrogens with zero attached hydrogens (tertiary/aromatic N) is 4. The van der Waals surface area contributed by atoms with Gasteiger partial charge in [-0.2, -0.15) is 0 Å². The van der Waals surface area contributed by atoms with Crippen molar-refractivity contribution in [3.63, 3.8) is 0 Å². The molecule has 2 fully saturated rings. The van der Waals surface area contributed by atoms with Crippen molar-refractivity contribution in [2.24, 2.45) is 0 Å². The van der Waals surface area contributed by atoms with E-state index in [1.54, 1.807) is 0 Å². The lowest BCUT2D eigenvalue weighted by molar-refractivity contribution is 0.0736. The first kappa shape index (κ1) is 16.3. The summed E-state index contributed by atoms with van der Waals surface area (Å²) in [4.78, 5) is 22.2. The van der Waals surface area contributed by atoms with Crippen LogP contribution in [-0.4, -0.2) is 70.6 Å². The highest BCUT2D eigenvalue weighted by atomic mass is 16.2. The molecule has 0 radical (unpaired) electrons. The minimum Gasteiger partial charge on any atom is -0.336 e. The van der Waals surface area contributed by atoms with Gasteiger partial charge in [-0.05, 0) is 31.0 Å². The number of imidazole rings is 1. The standard InChI is InChI=1S/C20H27N5O/c26-20(24-10-7-21-8-11-24)15-4-5-18-17(14-15)22-19-6-9-23(12-13-25(18)19)16-2-1-3-16/h4-5,14,16,21H,1-3,6-13H2. The Morgan fingerprint density at radius 3 is 2.69 bits per heavy atom. The number of fused-ring (bicyclic) bond motifs is 3. The Balaban J connectivity index is 1.39. The quantitative estimate of drug-likeness (QED) is 0.889. The highest BCUT2D eigenvalue weighted by Gasteiger charge is 2.27. The van der Waals surface area contributed by atoms with Crippen LogP contribution in [0.5, 0.6) is 0 Å². The molecular formula is C20H27N5O. The molecule has 1 amide bonds. The molecule has 0 atom stereocenters. The van der Waals surface area contributed by atoms with Gasteiger partial charge in [0.15, 0.2) is 0 Å². The number of benzene rings is 1. The molecule has 6 heteroatoms. The minimum absolute atomic E-state index is 0.132. The minimum atomic E-state index is 0.132. The fourth-order valence-electron chi connectivity index (χ4n) is 4.50. The van der Waals surface area contributed by atoms with Gasteiger partial charge in [-0.25, -0.2) is 4.98 Å². The molecule has 0 unspecified atom stereocenters. The van der Waals surface area contributed by atoms with Crippen LogP contribution in [-0.2, 0) is 13.0 Å². The second-order valence-corrected chi connectivity index (χ2v) is 7.80. The molecule has 1 aromatic heterocycles. The molecule has 26 heavy (non-hydrogen) atoms. The largest absolute Gasteiger partial charge is 0.336 e. The predicted molar refractivity (Wildman–Crippen MR) is 101 cm³/mol. The van der Waals surface area contributed by atoms with Crippen molar-refractivity contribution in [2.45, 2.75) is 38.3 Å². The maximum atomic E-state index is 12.8. The van der Waals surface area contributed by atoms with E-state index in [-0.39, 0.29) is 5.91 Å². The molecule has 1 saturated heterocycles. The van der Waals surface area contributed by atoms with Gasteiger partial charge in [0.2, 0.25) is 0 Å². The van der Waals surface area contributed by atoms with Gasteiger partial charge in [0, 0.05) is 63.8 Å². The van der Waals surface area contributed by atoms with Gasteiger partial charge in [0.05, 0.1) is 11.0 Å². The Morgan fingerprint density at radius 1 is 1.08 bits per heavy atom. The predicted octanol–water partition coefficient (Wildman–Crippen LogP) is 1.49. The van der Waals surface area contributed by atoms with Gasteiger partial charge in [-0.1, -0.05) is 6.42 Å². The van der Waals surface area contributed by atoms with E-state index in [1.807, 2.05) is 17.0 Å². The third-order valence-electron chi connectivity index (χ3n) is 6.30. The van der Waals surface area contributed by atoms with Gasteiger partial charge in [0.1, 0.15) is 5.82 Å². The molecule has 138 valence electrons. The molecule has 0 bridgehead atoms. The number of carbonyl (C=O) groups is 1. The van der Waals surface area contributed by atoms with Gasteiger partial charge >= 0.3 is 0 Å². The Kier molecular flexibility index (Phi) is 4.17. The van der Waals surface area contributed by atoms with E-state index in [0.717, 1.165) is 69.4 Å². The monoisotopic (exact) mass is 353 g/mol. The zero-order chi connectivity index (χ0) is 17.5. The number of rotatable bonds is 2. The molecule has 3 aliphatic rings. The van der Waals surface area contributed by atoms with Crippen LogP contribution in [0.3, 0.4) is 0 Å². The molecule has 0 spiro atoms. The second kappa shape index (κ2) is 6.67. The van der Waals surface area contributed by atoms with Crippen LogP contribution in [0.1, 0.15) is 35.4 Å². The third-order valence-corrected chi connectivity index (χ3v) is 6.30. The summed E-state index contributed by atoms with van der Waals surface area (Å²) in [5.74, 6) is 1.31. The van der Waals surface area contributed by atoms with E-state index in [2.05, 4.69) is 20.9 Å². The van der Waals surface area contributed by atoms with Crippen LogP contribution in [0.4, 0.5) is 0 Å². The van der Waals surface area contributed by atoms with Gasteiger partial charge in [-0.3, -0.25) is 9.69 Å². The Hall–Kier alpha value is -1.92. The van der Waals surface area contributed by atoms with Crippen LogP contribution in [0, 0.1) is 0 Å². The first-order valence-electron chi connectivity index (χ1n) is 10.0. The topological polar surface area (TPSA) is 53.4 Å². The molecule has 5 rings (SSSR count). The van der Waals surface area contributed by atoms with E-state index < -0.39 is 0 Å². The molecular weight excluding hydrogens is 326 g/mol. The zero-order valence-electron chi connectivity index (χ0n) is 15.3. The average Bonchev–Trinajstić information content (AvgIpc) is 2.86. The Morgan fingerprint density at radius 2 is 1.92 bits per heavy atom. The molecule has 3 heterocycles. The number of piperazine rings is 1. The van der Waals surface area contributed by atoms with Gasteiger partial charge in [0.25, 0.3) is 5.91 Å². The normalized spacial score (nSPS) is 22.1. The van der Waals surface area contributed by atoms with Gasteiger partial charge < -0.3 is 14.8 Å². The summed E-state index contributed by atoms with van der Waals surface area (Å²) < 4.78 is 2.37. The number of nitrogens with one attached hydrogen (secondary N) is 1. The number of aromatic nitrogens is 2. The van der Waals surface area contributed by atoms with Crippen LogP contribution in [0.25, 0.3) is 11.0 Å². The second-order valence-electron chi connectivity index (χ2n) is 7.80. The molecule has 1 aromatic carbocycles. The highest BCUT2D eigenvalue weighted by molar-refractivity contribution is 5.97. The summed E-state index contributed by atoms with van der Waals surface area (Å²) >= 11 is 0. The molecule has 1 aliphatic carbocycles. The van der Waals surface area contributed by atoms with Crippen LogP contribution >= 0.6 is 0 Å². The first-order valence-corrected chi connectivity index (χ1v) is 10.0. The fourth-order valence-corrected chi connectivity index (χ4v) is 4.50. The maximum Gasteiger partial charge on any atom is 0.254 e. The van der Waals surface area contributed by atoms with E-state index in [0.29, 0.717) is 0 Å². The maximum absolute atomic E-state index is 12.8. The molecule has 1 N–H and O–H groups in total. The molecule has 2 aromatic rings. The van der Waals surface area contributed by atoms with E-state index in [4.69, 9.17) is 4.98 Å². The summed E-state index contributed by atoms with van der Waals surface area (Å²) in [6.45, 7) is 6.56. The lowest BCUT2D eigenvalue weighted by Crippen LogP contribution is -2.46. The first-order chi connectivity index (χ1) is 12.8. The third kappa shape index (κ3) is 2.81. The van der Waals surface area contributed by atoms with Crippen molar-refractivity contribution in [1.29, 1.82) is 0 Å². The van der Waals surface area contributed by atoms with Crippen molar-refractivity contribution in [2.75, 3.05) is 39.3 Å². The number of carbonyl (C=O) groups excluding carboxylic acids is 1.